The highest BCUT2D eigenvalue weighted by Gasteiger charge is 2.28. The van der Waals surface area contributed by atoms with Gasteiger partial charge in [0.2, 0.25) is 6.10 Å². The van der Waals surface area contributed by atoms with E-state index in [1.165, 1.54) is 12.1 Å². The number of carbonyl (C=O) groups excluding carboxylic acids is 2. The number of aryl methyl sites for hydroxylation is 1. The maximum atomic E-state index is 12.9. The Morgan fingerprint density at radius 2 is 1.90 bits per heavy atom. The van der Waals surface area contributed by atoms with Gasteiger partial charge in [-0.2, -0.15) is 0 Å². The van der Waals surface area contributed by atoms with Crippen molar-refractivity contribution in [2.75, 3.05) is 18.5 Å². The van der Waals surface area contributed by atoms with Crippen molar-refractivity contribution in [3.63, 3.8) is 0 Å². The van der Waals surface area contributed by atoms with E-state index in [9.17, 15) is 9.59 Å². The molecule has 1 aliphatic rings. The molecule has 1 aliphatic heterocycles. The maximum Gasteiger partial charge on any atom is 0.339 e. The smallest absolute Gasteiger partial charge is 0.339 e. The number of halogens is 1. The maximum absolute atomic E-state index is 12.9. The minimum Gasteiger partial charge on any atom is -0.489 e. The number of fused-ring (bicyclic) bond motifs is 1. The number of amides is 1. The summed E-state index contributed by atoms with van der Waals surface area (Å²) in [5, 5.41) is 6.57. The molecule has 0 radical (unpaired) electrons. The first-order valence-electron chi connectivity index (χ1n) is 9.60. The molecular weight excluding hydrogens is 424 g/mol. The van der Waals surface area contributed by atoms with Crippen LogP contribution in [-0.4, -0.2) is 30.2 Å². The van der Waals surface area contributed by atoms with Gasteiger partial charge in [0.25, 0.3) is 5.91 Å². The van der Waals surface area contributed by atoms with E-state index in [1.807, 2.05) is 0 Å². The lowest BCUT2D eigenvalue weighted by molar-refractivity contribution is -0.125. The van der Waals surface area contributed by atoms with Crippen LogP contribution < -0.4 is 14.8 Å². The van der Waals surface area contributed by atoms with Crippen molar-refractivity contribution < 1.29 is 28.3 Å². The van der Waals surface area contributed by atoms with E-state index >= 15 is 0 Å². The van der Waals surface area contributed by atoms with Gasteiger partial charge in [-0.25, -0.2) is 4.79 Å². The van der Waals surface area contributed by atoms with Crippen LogP contribution in [0.3, 0.4) is 0 Å². The number of aromatic nitrogens is 1. The van der Waals surface area contributed by atoms with Gasteiger partial charge in [-0.1, -0.05) is 47.1 Å². The van der Waals surface area contributed by atoms with Gasteiger partial charge in [0.15, 0.2) is 17.3 Å². The molecule has 0 saturated heterocycles. The zero-order valence-electron chi connectivity index (χ0n) is 16.6. The van der Waals surface area contributed by atoms with Gasteiger partial charge >= 0.3 is 5.97 Å². The fourth-order valence-electron chi connectivity index (χ4n) is 3.04. The zero-order valence-corrected chi connectivity index (χ0v) is 17.3. The van der Waals surface area contributed by atoms with E-state index in [0.29, 0.717) is 42.5 Å². The van der Waals surface area contributed by atoms with Crippen LogP contribution in [0.1, 0.15) is 34.2 Å². The second-order valence-electron chi connectivity index (χ2n) is 6.84. The number of hydrogen-bond donors (Lipinski definition) is 1. The quantitative estimate of drug-likeness (QED) is 0.587. The highest BCUT2D eigenvalue weighted by Crippen LogP contribution is 2.38. The SMILES string of the molecule is Cc1cc(NC(=O)C(OC(=O)c2cc(Cl)c3c(c2)OCCCO3)c2ccccc2)no1. The fraction of sp³-hybridized carbons (Fsp3) is 0.227. The minimum atomic E-state index is -1.22. The van der Waals surface area contributed by atoms with E-state index in [0.717, 1.165) is 0 Å². The molecule has 1 aromatic heterocycles. The largest absolute Gasteiger partial charge is 0.489 e. The number of anilines is 1. The number of esters is 1. The molecule has 3 aromatic rings. The third-order valence-corrected chi connectivity index (χ3v) is 4.76. The monoisotopic (exact) mass is 442 g/mol. The Morgan fingerprint density at radius 3 is 2.65 bits per heavy atom. The van der Waals surface area contributed by atoms with Crippen LogP contribution >= 0.6 is 11.6 Å². The lowest BCUT2D eigenvalue weighted by Crippen LogP contribution is -2.26. The fourth-order valence-corrected chi connectivity index (χ4v) is 3.31. The number of ether oxygens (including phenoxy) is 3. The third-order valence-electron chi connectivity index (χ3n) is 4.48. The summed E-state index contributed by atoms with van der Waals surface area (Å²) < 4.78 is 21.7. The number of nitrogens with one attached hydrogen (secondary N) is 1. The first-order valence-corrected chi connectivity index (χ1v) is 9.98. The molecule has 0 bridgehead atoms. The molecule has 8 nitrogen and oxygen atoms in total. The lowest BCUT2D eigenvalue weighted by atomic mass is 10.1. The number of hydrogen-bond acceptors (Lipinski definition) is 7. The average molecular weight is 443 g/mol. The molecule has 2 aromatic carbocycles. The van der Waals surface area contributed by atoms with E-state index in [4.69, 9.17) is 30.3 Å². The van der Waals surface area contributed by atoms with Crippen molar-refractivity contribution in [2.45, 2.75) is 19.4 Å². The molecule has 160 valence electrons. The molecule has 1 amide bonds. The second-order valence-corrected chi connectivity index (χ2v) is 7.25. The van der Waals surface area contributed by atoms with Crippen LogP contribution in [0, 0.1) is 6.92 Å². The summed E-state index contributed by atoms with van der Waals surface area (Å²) in [5.41, 5.74) is 0.634. The van der Waals surface area contributed by atoms with Crippen LogP contribution in [0.25, 0.3) is 0 Å². The molecule has 0 aliphatic carbocycles. The minimum absolute atomic E-state index is 0.139. The van der Waals surface area contributed by atoms with Crippen molar-refractivity contribution in [3.05, 3.63) is 70.4 Å². The van der Waals surface area contributed by atoms with Crippen LogP contribution in [0.4, 0.5) is 5.82 Å². The zero-order chi connectivity index (χ0) is 21.8. The van der Waals surface area contributed by atoms with Crippen molar-refractivity contribution in [1.82, 2.24) is 5.16 Å². The molecule has 4 rings (SSSR count). The summed E-state index contributed by atoms with van der Waals surface area (Å²) in [6.45, 7) is 2.60. The van der Waals surface area contributed by atoms with Gasteiger partial charge in [0.05, 0.1) is 23.8 Å². The molecule has 0 spiro atoms. The Bertz CT molecular complexity index is 1100. The van der Waals surface area contributed by atoms with Gasteiger partial charge in [0, 0.05) is 18.1 Å². The first kappa shape index (κ1) is 20.7. The molecule has 1 atom stereocenters. The molecule has 31 heavy (non-hydrogen) atoms. The molecular formula is C22H19ClN2O6. The van der Waals surface area contributed by atoms with Gasteiger partial charge in [0.1, 0.15) is 5.76 Å². The van der Waals surface area contributed by atoms with E-state index in [2.05, 4.69) is 10.5 Å². The summed E-state index contributed by atoms with van der Waals surface area (Å²) >= 11 is 6.28. The predicted octanol–water partition coefficient (Wildman–Crippen LogP) is 4.33. The van der Waals surface area contributed by atoms with Gasteiger partial charge in [-0.3, -0.25) is 4.79 Å². The lowest BCUT2D eigenvalue weighted by Gasteiger charge is -2.18. The third kappa shape index (κ3) is 4.80. The van der Waals surface area contributed by atoms with Gasteiger partial charge in [-0.05, 0) is 19.1 Å². The summed E-state index contributed by atoms with van der Waals surface area (Å²) in [6.07, 6.45) is -0.525. The molecule has 9 heteroatoms. The van der Waals surface area contributed by atoms with Crippen LogP contribution in [0.15, 0.2) is 53.1 Å². The highest BCUT2D eigenvalue weighted by atomic mass is 35.5. The number of rotatable bonds is 5. The van der Waals surface area contributed by atoms with Crippen molar-refractivity contribution in [2.24, 2.45) is 0 Å². The van der Waals surface area contributed by atoms with Crippen LogP contribution in [-0.2, 0) is 9.53 Å². The van der Waals surface area contributed by atoms with Gasteiger partial charge < -0.3 is 24.1 Å². The summed E-state index contributed by atoms with van der Waals surface area (Å²) in [4.78, 5) is 25.8. The molecule has 0 fully saturated rings. The predicted molar refractivity (Wildman–Crippen MR) is 112 cm³/mol. The number of carbonyl (C=O) groups is 2. The van der Waals surface area contributed by atoms with Gasteiger partial charge in [-0.15, -0.1) is 0 Å². The number of benzene rings is 2. The van der Waals surface area contributed by atoms with Crippen molar-refractivity contribution >= 4 is 29.3 Å². The van der Waals surface area contributed by atoms with E-state index in [-0.39, 0.29) is 16.4 Å². The summed E-state index contributed by atoms with van der Waals surface area (Å²) in [6, 6.07) is 13.1. The average Bonchev–Trinajstić information content (AvgIpc) is 3.02. The van der Waals surface area contributed by atoms with E-state index in [1.54, 1.807) is 43.3 Å². The van der Waals surface area contributed by atoms with E-state index < -0.39 is 18.0 Å². The Balaban J connectivity index is 1.59. The molecule has 2 heterocycles. The Kier molecular flexibility index (Phi) is 6.08. The van der Waals surface area contributed by atoms with Crippen LogP contribution in [0.2, 0.25) is 5.02 Å². The Morgan fingerprint density at radius 1 is 1.13 bits per heavy atom. The topological polar surface area (TPSA) is 99.9 Å². The Hall–Kier alpha value is -3.52. The normalized spacial score (nSPS) is 13.7. The first-order chi connectivity index (χ1) is 15.0. The molecule has 0 saturated carbocycles. The molecule has 1 N–H and O–H groups in total. The Labute approximate surface area is 183 Å². The molecule has 1 unspecified atom stereocenters. The summed E-state index contributed by atoms with van der Waals surface area (Å²) in [5.74, 6) is 0.180. The van der Waals surface area contributed by atoms with Crippen molar-refractivity contribution in [3.8, 4) is 11.5 Å². The highest BCUT2D eigenvalue weighted by molar-refractivity contribution is 6.32. The summed E-state index contributed by atoms with van der Waals surface area (Å²) in [7, 11) is 0. The van der Waals surface area contributed by atoms with Crippen LogP contribution in [0.5, 0.6) is 11.5 Å². The standard InChI is InChI=1S/C22H19ClN2O6/c1-13-10-18(25-31-13)24-21(26)19(14-6-3-2-4-7-14)30-22(27)15-11-16(23)20-17(12-15)28-8-5-9-29-20/h2-4,6-7,10-12,19H,5,8-9H2,1H3,(H,24,25,26). The van der Waals surface area contributed by atoms with Crippen molar-refractivity contribution in [1.29, 1.82) is 0 Å². The number of nitrogens with zero attached hydrogens (tertiary/aromatic N) is 1. The second kappa shape index (κ2) is 9.09.